The molecule has 0 fully saturated rings. The third kappa shape index (κ3) is 3.72. The Morgan fingerprint density at radius 3 is 2.63 bits per heavy atom. The van der Waals surface area contributed by atoms with Crippen LogP contribution >= 0.6 is 43.2 Å². The summed E-state index contributed by atoms with van der Waals surface area (Å²) in [5.74, 6) is 1.38. The monoisotopic (exact) mass is 405 g/mol. The summed E-state index contributed by atoms with van der Waals surface area (Å²) in [5.41, 5.74) is 6.63. The zero-order valence-electron chi connectivity index (χ0n) is 10.3. The van der Waals surface area contributed by atoms with Gasteiger partial charge in [0.15, 0.2) is 11.5 Å². The Morgan fingerprint density at radius 1 is 1.26 bits per heavy atom. The van der Waals surface area contributed by atoms with Gasteiger partial charge in [-0.2, -0.15) is 0 Å². The van der Waals surface area contributed by atoms with E-state index in [0.717, 1.165) is 18.7 Å². The molecule has 0 aliphatic rings. The second-order valence-corrected chi connectivity index (χ2v) is 7.21. The number of hydrogen-bond donors (Lipinski definition) is 1. The quantitative estimate of drug-likeness (QED) is 0.803. The first-order chi connectivity index (χ1) is 9.13. The Morgan fingerprint density at radius 2 is 2.05 bits per heavy atom. The van der Waals surface area contributed by atoms with E-state index in [0.29, 0.717) is 24.7 Å². The first kappa shape index (κ1) is 14.8. The second-order valence-electron chi connectivity index (χ2n) is 3.81. The average molecular weight is 407 g/mol. The van der Waals surface area contributed by atoms with Crippen LogP contribution in [0.3, 0.4) is 0 Å². The topological polar surface area (TPSA) is 44.5 Å². The fourth-order valence-corrected chi connectivity index (χ4v) is 3.60. The van der Waals surface area contributed by atoms with Crippen LogP contribution < -0.4 is 15.2 Å². The van der Waals surface area contributed by atoms with Gasteiger partial charge < -0.3 is 15.2 Å². The fraction of sp³-hybridized carbons (Fsp3) is 0.231. The molecule has 102 valence electrons. The van der Waals surface area contributed by atoms with Crippen molar-refractivity contribution in [2.75, 3.05) is 7.11 Å². The Hall–Kier alpha value is -0.560. The van der Waals surface area contributed by atoms with Crippen LogP contribution in [0.4, 0.5) is 0 Å². The van der Waals surface area contributed by atoms with Crippen LogP contribution in [0.1, 0.15) is 10.4 Å². The number of halogens is 2. The van der Waals surface area contributed by atoms with Crippen molar-refractivity contribution in [1.82, 2.24) is 0 Å². The Kier molecular flexibility index (Phi) is 5.27. The first-order valence-electron chi connectivity index (χ1n) is 5.57. The molecule has 0 radical (unpaired) electrons. The summed E-state index contributed by atoms with van der Waals surface area (Å²) in [6.45, 7) is 0.973. The van der Waals surface area contributed by atoms with Gasteiger partial charge in [0.05, 0.1) is 15.4 Å². The van der Waals surface area contributed by atoms with Crippen LogP contribution in [0.5, 0.6) is 11.5 Å². The molecular formula is C13H13Br2NO2S. The lowest BCUT2D eigenvalue weighted by atomic mass is 10.2. The number of benzene rings is 1. The van der Waals surface area contributed by atoms with Crippen LogP contribution in [-0.4, -0.2) is 7.11 Å². The molecule has 2 N–H and O–H groups in total. The lowest BCUT2D eigenvalue weighted by Crippen LogP contribution is -2.01. The maximum atomic E-state index is 5.83. The third-order valence-electron chi connectivity index (χ3n) is 2.51. The van der Waals surface area contributed by atoms with Crippen LogP contribution in [-0.2, 0) is 13.2 Å². The van der Waals surface area contributed by atoms with Gasteiger partial charge in [0.2, 0.25) is 0 Å². The highest BCUT2D eigenvalue weighted by Crippen LogP contribution is 2.37. The first-order valence-corrected chi connectivity index (χ1v) is 7.97. The molecule has 2 rings (SSSR count). The molecule has 0 atom stereocenters. The van der Waals surface area contributed by atoms with E-state index in [1.54, 1.807) is 18.4 Å². The van der Waals surface area contributed by atoms with E-state index in [4.69, 9.17) is 15.2 Å². The summed E-state index contributed by atoms with van der Waals surface area (Å²) in [4.78, 5) is 1.14. The Bertz CT molecular complexity index is 572. The number of methoxy groups -OCH3 is 1. The van der Waals surface area contributed by atoms with Gasteiger partial charge in [0.1, 0.15) is 6.61 Å². The minimum absolute atomic E-state index is 0.465. The summed E-state index contributed by atoms with van der Waals surface area (Å²) >= 11 is 8.58. The largest absolute Gasteiger partial charge is 0.493 e. The van der Waals surface area contributed by atoms with Crippen molar-refractivity contribution in [3.8, 4) is 11.5 Å². The molecule has 3 nitrogen and oxygen atoms in total. The van der Waals surface area contributed by atoms with Gasteiger partial charge >= 0.3 is 0 Å². The average Bonchev–Trinajstić information content (AvgIpc) is 2.82. The fourth-order valence-electron chi connectivity index (χ4n) is 1.60. The minimum atomic E-state index is 0.465. The van der Waals surface area contributed by atoms with E-state index in [-0.39, 0.29) is 0 Å². The normalized spacial score (nSPS) is 10.5. The number of ether oxygens (including phenoxy) is 2. The summed E-state index contributed by atoms with van der Waals surface area (Å²) in [5, 5.41) is 0. The summed E-state index contributed by atoms with van der Waals surface area (Å²) < 4.78 is 13.1. The SMILES string of the molecule is COc1cc(CN)cc(Br)c1OCc1ccc(Br)s1. The van der Waals surface area contributed by atoms with E-state index in [2.05, 4.69) is 31.9 Å². The number of hydrogen-bond acceptors (Lipinski definition) is 4. The second kappa shape index (κ2) is 6.74. The molecule has 0 unspecified atom stereocenters. The minimum Gasteiger partial charge on any atom is -0.493 e. The molecule has 0 aliphatic heterocycles. The molecule has 1 aromatic carbocycles. The highest BCUT2D eigenvalue weighted by molar-refractivity contribution is 9.11. The zero-order valence-corrected chi connectivity index (χ0v) is 14.3. The summed E-state index contributed by atoms with van der Waals surface area (Å²) in [6.07, 6.45) is 0. The van der Waals surface area contributed by atoms with Crippen molar-refractivity contribution < 1.29 is 9.47 Å². The van der Waals surface area contributed by atoms with E-state index < -0.39 is 0 Å². The van der Waals surface area contributed by atoms with Crippen molar-refractivity contribution in [2.45, 2.75) is 13.2 Å². The van der Waals surface area contributed by atoms with Crippen molar-refractivity contribution in [2.24, 2.45) is 5.73 Å². The predicted molar refractivity (Wildman–Crippen MR) is 84.9 cm³/mol. The van der Waals surface area contributed by atoms with Gasteiger partial charge in [0, 0.05) is 11.4 Å². The highest BCUT2D eigenvalue weighted by atomic mass is 79.9. The van der Waals surface area contributed by atoms with Gasteiger partial charge in [-0.3, -0.25) is 0 Å². The van der Waals surface area contributed by atoms with Crippen LogP contribution in [0.15, 0.2) is 32.5 Å². The molecule has 0 saturated carbocycles. The Balaban J connectivity index is 2.19. The molecule has 1 aromatic heterocycles. The van der Waals surface area contributed by atoms with Crippen LogP contribution in [0, 0.1) is 0 Å². The smallest absolute Gasteiger partial charge is 0.175 e. The number of thiophene rings is 1. The lowest BCUT2D eigenvalue weighted by molar-refractivity contribution is 0.285. The molecule has 0 aliphatic carbocycles. The van der Waals surface area contributed by atoms with Crippen molar-refractivity contribution in [1.29, 1.82) is 0 Å². The van der Waals surface area contributed by atoms with Crippen LogP contribution in [0.2, 0.25) is 0 Å². The van der Waals surface area contributed by atoms with Gasteiger partial charge in [0.25, 0.3) is 0 Å². The van der Waals surface area contributed by atoms with E-state index in [9.17, 15) is 0 Å². The van der Waals surface area contributed by atoms with Crippen molar-refractivity contribution in [3.63, 3.8) is 0 Å². The highest BCUT2D eigenvalue weighted by Gasteiger charge is 2.12. The molecule has 0 saturated heterocycles. The summed E-state index contributed by atoms with van der Waals surface area (Å²) in [7, 11) is 1.62. The molecule has 0 amide bonds. The molecule has 1 heterocycles. The molecular weight excluding hydrogens is 394 g/mol. The van der Waals surface area contributed by atoms with E-state index >= 15 is 0 Å². The van der Waals surface area contributed by atoms with Crippen LogP contribution in [0.25, 0.3) is 0 Å². The van der Waals surface area contributed by atoms with Gasteiger partial charge in [-0.15, -0.1) is 11.3 Å². The standard InChI is InChI=1S/C13H13Br2NO2S/c1-17-11-5-8(6-16)4-10(14)13(11)18-7-9-2-3-12(15)19-9/h2-5H,6-7,16H2,1H3. The van der Waals surface area contributed by atoms with Crippen molar-refractivity contribution in [3.05, 3.63) is 43.0 Å². The van der Waals surface area contributed by atoms with Gasteiger partial charge in [-0.05, 0) is 61.7 Å². The van der Waals surface area contributed by atoms with Gasteiger partial charge in [-0.25, -0.2) is 0 Å². The molecule has 19 heavy (non-hydrogen) atoms. The maximum absolute atomic E-state index is 5.83. The van der Waals surface area contributed by atoms with Gasteiger partial charge in [-0.1, -0.05) is 0 Å². The summed E-state index contributed by atoms with van der Waals surface area (Å²) in [6, 6.07) is 7.88. The van der Waals surface area contributed by atoms with E-state index in [1.807, 2.05) is 24.3 Å². The Labute approximate surface area is 133 Å². The zero-order chi connectivity index (χ0) is 13.8. The molecule has 0 spiro atoms. The number of nitrogens with two attached hydrogens (primary N) is 1. The third-order valence-corrected chi connectivity index (χ3v) is 4.70. The van der Waals surface area contributed by atoms with E-state index in [1.165, 1.54) is 0 Å². The molecule has 2 aromatic rings. The maximum Gasteiger partial charge on any atom is 0.175 e. The molecule has 0 bridgehead atoms. The lowest BCUT2D eigenvalue weighted by Gasteiger charge is -2.13. The van der Waals surface area contributed by atoms with Crippen molar-refractivity contribution >= 4 is 43.2 Å². The predicted octanol–water partition coefficient (Wildman–Crippen LogP) is 4.32. The number of rotatable bonds is 5. The molecule has 6 heteroatoms.